The molecule has 2 aliphatic carbocycles. The van der Waals surface area contributed by atoms with Crippen LogP contribution in [-0.2, 0) is 23.9 Å². The van der Waals surface area contributed by atoms with Crippen molar-refractivity contribution >= 4 is 29.4 Å². The summed E-state index contributed by atoms with van der Waals surface area (Å²) in [5, 5.41) is 2.49. The van der Waals surface area contributed by atoms with E-state index in [2.05, 4.69) is 5.32 Å². The number of amides is 3. The van der Waals surface area contributed by atoms with Gasteiger partial charge in [-0.1, -0.05) is 26.0 Å². The van der Waals surface area contributed by atoms with Gasteiger partial charge >= 0.3 is 5.97 Å². The first-order valence-electron chi connectivity index (χ1n) is 10.0. The summed E-state index contributed by atoms with van der Waals surface area (Å²) in [4.78, 5) is 51.9. The number of rotatable bonds is 6. The highest BCUT2D eigenvalue weighted by Gasteiger charge is 2.61. The molecule has 5 atom stereocenters. The number of nitrogens with zero attached hydrogens (tertiary/aromatic N) is 1. The van der Waals surface area contributed by atoms with Gasteiger partial charge in [0.05, 0.1) is 11.8 Å². The van der Waals surface area contributed by atoms with E-state index in [4.69, 9.17) is 4.74 Å². The van der Waals surface area contributed by atoms with Crippen molar-refractivity contribution < 1.29 is 28.3 Å². The minimum atomic E-state index is -1.08. The van der Waals surface area contributed by atoms with E-state index in [9.17, 15) is 23.6 Å². The van der Waals surface area contributed by atoms with E-state index >= 15 is 0 Å². The van der Waals surface area contributed by atoms with E-state index in [0.717, 1.165) is 11.3 Å². The Morgan fingerprint density at radius 3 is 2.20 bits per heavy atom. The molecule has 3 amide bonds. The van der Waals surface area contributed by atoms with Crippen LogP contribution < -0.4 is 5.32 Å². The Hall–Kier alpha value is -3.03. The normalized spacial score (nSPS) is 27.5. The van der Waals surface area contributed by atoms with E-state index in [1.165, 1.54) is 24.3 Å². The molecule has 30 heavy (non-hydrogen) atoms. The lowest BCUT2D eigenvalue weighted by molar-refractivity contribution is -0.162. The molecule has 3 aliphatic rings. The van der Waals surface area contributed by atoms with Gasteiger partial charge in [0.15, 0.2) is 6.61 Å². The molecule has 2 fully saturated rings. The fourth-order valence-electron chi connectivity index (χ4n) is 4.83. The van der Waals surface area contributed by atoms with Gasteiger partial charge in [0.25, 0.3) is 5.91 Å². The SMILES string of the molecule is CC(C)[C@H](C(=O)OCC(=O)Nc1ccc(F)cc1)N1C(=O)[C@H]2[C@H](C1=O)[C@H]1C=C[C@H]2C1. The minimum absolute atomic E-state index is 0.0479. The lowest BCUT2D eigenvalue weighted by Gasteiger charge is -2.28. The van der Waals surface area contributed by atoms with Crippen LogP contribution in [0.4, 0.5) is 10.1 Å². The van der Waals surface area contributed by atoms with Gasteiger partial charge in [-0.3, -0.25) is 19.3 Å². The van der Waals surface area contributed by atoms with E-state index < -0.39 is 42.2 Å². The Labute approximate surface area is 173 Å². The molecule has 8 heteroatoms. The largest absolute Gasteiger partial charge is 0.454 e. The lowest BCUT2D eigenvalue weighted by Crippen LogP contribution is -2.50. The fraction of sp³-hybridized carbons (Fsp3) is 0.455. The van der Waals surface area contributed by atoms with Crippen molar-refractivity contribution in [1.29, 1.82) is 0 Å². The molecule has 7 nitrogen and oxygen atoms in total. The van der Waals surface area contributed by atoms with Crippen LogP contribution >= 0.6 is 0 Å². The molecule has 0 spiro atoms. The number of allylic oxidation sites excluding steroid dienone is 2. The molecule has 2 bridgehead atoms. The maximum Gasteiger partial charge on any atom is 0.330 e. The summed E-state index contributed by atoms with van der Waals surface area (Å²) in [7, 11) is 0. The Morgan fingerprint density at radius 1 is 1.10 bits per heavy atom. The number of fused-ring (bicyclic) bond motifs is 5. The second kappa shape index (κ2) is 7.66. The van der Waals surface area contributed by atoms with Crippen LogP contribution in [0.1, 0.15) is 20.3 Å². The number of esters is 1. The maximum absolute atomic E-state index is 13.0. The van der Waals surface area contributed by atoms with Crippen LogP contribution in [0.2, 0.25) is 0 Å². The topological polar surface area (TPSA) is 92.8 Å². The predicted molar refractivity (Wildman–Crippen MR) is 104 cm³/mol. The third-order valence-corrected chi connectivity index (χ3v) is 6.13. The van der Waals surface area contributed by atoms with Crippen LogP contribution in [0.15, 0.2) is 36.4 Å². The zero-order valence-corrected chi connectivity index (χ0v) is 16.7. The molecule has 1 saturated heterocycles. The van der Waals surface area contributed by atoms with Gasteiger partial charge in [-0.25, -0.2) is 9.18 Å². The maximum atomic E-state index is 13.0. The van der Waals surface area contributed by atoms with Gasteiger partial charge in [0.2, 0.25) is 11.8 Å². The van der Waals surface area contributed by atoms with Crippen LogP contribution in [0, 0.1) is 35.4 Å². The molecule has 0 unspecified atom stereocenters. The van der Waals surface area contributed by atoms with Crippen LogP contribution in [0.25, 0.3) is 0 Å². The smallest absolute Gasteiger partial charge is 0.330 e. The number of nitrogens with one attached hydrogen (secondary N) is 1. The van der Waals surface area contributed by atoms with Crippen molar-refractivity contribution in [3.05, 3.63) is 42.2 Å². The first kappa shape index (κ1) is 20.3. The zero-order chi connectivity index (χ0) is 21.6. The van der Waals surface area contributed by atoms with E-state index in [0.29, 0.717) is 5.69 Å². The number of hydrogen-bond donors (Lipinski definition) is 1. The summed E-state index contributed by atoms with van der Waals surface area (Å²) < 4.78 is 18.1. The van der Waals surface area contributed by atoms with Crippen molar-refractivity contribution in [1.82, 2.24) is 4.90 Å². The molecule has 1 aromatic carbocycles. The Kier molecular flexibility index (Phi) is 5.17. The summed E-state index contributed by atoms with van der Waals surface area (Å²) in [6.07, 6.45) is 4.78. The molecule has 158 valence electrons. The summed E-state index contributed by atoms with van der Waals surface area (Å²) in [6, 6.07) is 4.08. The molecule has 1 saturated carbocycles. The molecular formula is C22H23FN2O5. The van der Waals surface area contributed by atoms with Crippen molar-refractivity contribution in [2.24, 2.45) is 29.6 Å². The number of imide groups is 1. The quantitative estimate of drug-likeness (QED) is 0.437. The second-order valence-corrected chi connectivity index (χ2v) is 8.40. The Bertz CT molecular complexity index is 896. The van der Waals surface area contributed by atoms with Gasteiger partial charge in [0, 0.05) is 5.69 Å². The predicted octanol–water partition coefficient (Wildman–Crippen LogP) is 2.14. The molecule has 1 heterocycles. The Morgan fingerprint density at radius 2 is 1.67 bits per heavy atom. The number of ether oxygens (including phenoxy) is 1. The zero-order valence-electron chi connectivity index (χ0n) is 16.7. The van der Waals surface area contributed by atoms with E-state index in [1.54, 1.807) is 13.8 Å². The van der Waals surface area contributed by atoms with Gasteiger partial charge in [-0.05, 0) is 48.4 Å². The number of carbonyl (C=O) groups excluding carboxylic acids is 4. The van der Waals surface area contributed by atoms with Crippen molar-refractivity contribution in [2.75, 3.05) is 11.9 Å². The van der Waals surface area contributed by atoms with Crippen molar-refractivity contribution in [2.45, 2.75) is 26.3 Å². The minimum Gasteiger partial charge on any atom is -0.454 e. The number of likely N-dealkylation sites (tertiary alicyclic amines) is 1. The van der Waals surface area contributed by atoms with E-state index in [-0.39, 0.29) is 29.6 Å². The van der Waals surface area contributed by atoms with Gasteiger partial charge in [-0.2, -0.15) is 0 Å². The molecule has 0 aromatic heterocycles. The van der Waals surface area contributed by atoms with Gasteiger partial charge < -0.3 is 10.1 Å². The number of halogens is 1. The monoisotopic (exact) mass is 414 g/mol. The molecule has 1 aromatic rings. The molecule has 4 rings (SSSR count). The standard InChI is InChI=1S/C22H23FN2O5/c1-11(2)19(22(29)30-10-16(26)24-15-7-5-14(23)6-8-15)25-20(27)17-12-3-4-13(9-12)18(17)21(25)28/h3-8,11-13,17-19H,9-10H2,1-2H3,(H,24,26)/t12-,13-,17+,18+,19+/m0/s1. The number of hydrogen-bond acceptors (Lipinski definition) is 5. The van der Waals surface area contributed by atoms with E-state index in [1.807, 2.05) is 12.2 Å². The van der Waals surface area contributed by atoms with Crippen molar-refractivity contribution in [3.63, 3.8) is 0 Å². The number of anilines is 1. The first-order valence-corrected chi connectivity index (χ1v) is 10.0. The van der Waals surface area contributed by atoms with Crippen LogP contribution in [0.3, 0.4) is 0 Å². The fourth-order valence-corrected chi connectivity index (χ4v) is 4.83. The summed E-state index contributed by atoms with van der Waals surface area (Å²) >= 11 is 0. The van der Waals surface area contributed by atoms with Crippen LogP contribution in [-0.4, -0.2) is 41.2 Å². The van der Waals surface area contributed by atoms with Gasteiger partial charge in [0.1, 0.15) is 11.9 Å². The number of carbonyl (C=O) groups is 4. The Balaban J connectivity index is 1.41. The second-order valence-electron chi connectivity index (χ2n) is 8.40. The van der Waals surface area contributed by atoms with Crippen molar-refractivity contribution in [3.8, 4) is 0 Å². The summed E-state index contributed by atoms with van der Waals surface area (Å²) in [6.45, 7) is 2.88. The molecule has 1 aliphatic heterocycles. The average Bonchev–Trinajstić information content (AvgIpc) is 3.38. The number of benzene rings is 1. The third kappa shape index (κ3) is 3.40. The van der Waals surface area contributed by atoms with Crippen LogP contribution in [0.5, 0.6) is 0 Å². The molecule has 1 N–H and O–H groups in total. The third-order valence-electron chi connectivity index (χ3n) is 6.13. The van der Waals surface area contributed by atoms with Gasteiger partial charge in [-0.15, -0.1) is 0 Å². The highest BCUT2D eigenvalue weighted by molar-refractivity contribution is 6.09. The molecular weight excluding hydrogens is 391 g/mol. The highest BCUT2D eigenvalue weighted by Crippen LogP contribution is 2.53. The molecule has 0 radical (unpaired) electrons. The first-order chi connectivity index (χ1) is 14.3. The summed E-state index contributed by atoms with van der Waals surface area (Å²) in [5.41, 5.74) is 0.360. The summed E-state index contributed by atoms with van der Waals surface area (Å²) in [5.74, 6) is -3.55. The average molecular weight is 414 g/mol. The highest BCUT2D eigenvalue weighted by atomic mass is 19.1. The lowest BCUT2D eigenvalue weighted by atomic mass is 9.85.